The number of rotatable bonds is 5. The molecule has 7 heteroatoms. The van der Waals surface area contributed by atoms with Crippen LogP contribution in [0.2, 0.25) is 0 Å². The number of methoxy groups -OCH3 is 1. The lowest BCUT2D eigenvalue weighted by Gasteiger charge is -2.17. The zero-order valence-corrected chi connectivity index (χ0v) is 10.3. The number of alkyl halides is 2. The number of halogens is 2. The third-order valence-corrected chi connectivity index (χ3v) is 2.32. The van der Waals surface area contributed by atoms with Gasteiger partial charge in [0.15, 0.2) is 0 Å². The number of hydrogen-bond acceptors (Lipinski definition) is 4. The van der Waals surface area contributed by atoms with E-state index in [0.29, 0.717) is 0 Å². The molecule has 0 spiro atoms. The number of carbonyl (C=O) groups excluding carboxylic acids is 1. The summed E-state index contributed by atoms with van der Waals surface area (Å²) in [4.78, 5) is 21.9. The highest BCUT2D eigenvalue weighted by molar-refractivity contribution is 5.89. The average molecular weight is 274 g/mol. The van der Waals surface area contributed by atoms with Gasteiger partial charge in [-0.25, -0.2) is 9.59 Å². The van der Waals surface area contributed by atoms with Gasteiger partial charge < -0.3 is 14.6 Å². The Labute approximate surface area is 107 Å². The van der Waals surface area contributed by atoms with Gasteiger partial charge in [-0.2, -0.15) is 8.78 Å². The number of benzene rings is 1. The topological polar surface area (TPSA) is 72.8 Å². The highest BCUT2D eigenvalue weighted by Gasteiger charge is 2.45. The normalized spacial score (nSPS) is 10.9. The lowest BCUT2D eigenvalue weighted by atomic mass is 10.0. The summed E-state index contributed by atoms with van der Waals surface area (Å²) < 4.78 is 36.6. The van der Waals surface area contributed by atoms with E-state index in [1.54, 1.807) is 0 Å². The molecule has 0 saturated heterocycles. The lowest BCUT2D eigenvalue weighted by Crippen LogP contribution is -2.29. The molecule has 5 nitrogen and oxygen atoms in total. The molecule has 0 radical (unpaired) electrons. The molecule has 0 aliphatic heterocycles. The standard InChI is InChI=1S/C12H12F2O5/c1-3-19-11(17)12(13,14)8-5-4-7(10(15)16)6-9(8)18-2/h4-6H,3H2,1-2H3,(H,15,16). The second-order valence-electron chi connectivity index (χ2n) is 3.52. The molecule has 0 aliphatic carbocycles. The van der Waals surface area contributed by atoms with E-state index >= 15 is 0 Å². The molecule has 19 heavy (non-hydrogen) atoms. The molecule has 1 aromatic carbocycles. The predicted molar refractivity (Wildman–Crippen MR) is 60.5 cm³/mol. The SMILES string of the molecule is CCOC(=O)C(F)(F)c1ccc(C(=O)O)cc1OC. The second-order valence-corrected chi connectivity index (χ2v) is 3.52. The number of carboxylic acid groups (broad SMARTS) is 1. The van der Waals surface area contributed by atoms with Gasteiger partial charge in [-0.3, -0.25) is 0 Å². The molecule has 0 bridgehead atoms. The number of aromatic carboxylic acids is 1. The van der Waals surface area contributed by atoms with Crippen LogP contribution in [0.4, 0.5) is 8.78 Å². The summed E-state index contributed by atoms with van der Waals surface area (Å²) in [6.07, 6.45) is 0. The van der Waals surface area contributed by atoms with E-state index in [-0.39, 0.29) is 12.2 Å². The Morgan fingerprint density at radius 1 is 1.37 bits per heavy atom. The monoisotopic (exact) mass is 274 g/mol. The number of carboxylic acids is 1. The molecule has 0 fully saturated rings. The van der Waals surface area contributed by atoms with Gasteiger partial charge in [0.25, 0.3) is 0 Å². The van der Waals surface area contributed by atoms with Crippen LogP contribution in [0.25, 0.3) is 0 Å². The first-order valence-electron chi connectivity index (χ1n) is 5.31. The van der Waals surface area contributed by atoms with E-state index in [1.165, 1.54) is 6.92 Å². The Kier molecular flexibility index (Phi) is 4.42. The summed E-state index contributed by atoms with van der Waals surface area (Å²) in [5.41, 5.74) is -0.960. The van der Waals surface area contributed by atoms with Gasteiger partial charge in [0.05, 0.1) is 24.8 Å². The van der Waals surface area contributed by atoms with E-state index in [4.69, 9.17) is 9.84 Å². The van der Waals surface area contributed by atoms with Crippen molar-refractivity contribution in [2.75, 3.05) is 13.7 Å². The molecular weight excluding hydrogens is 262 g/mol. The maximum absolute atomic E-state index is 13.8. The quantitative estimate of drug-likeness (QED) is 0.832. The molecule has 1 N–H and O–H groups in total. The molecule has 0 aliphatic rings. The molecule has 0 aromatic heterocycles. The Balaban J connectivity index is 3.26. The largest absolute Gasteiger partial charge is 0.496 e. The Morgan fingerprint density at radius 2 is 2.00 bits per heavy atom. The maximum Gasteiger partial charge on any atom is 0.382 e. The van der Waals surface area contributed by atoms with Crippen LogP contribution in [-0.4, -0.2) is 30.8 Å². The van der Waals surface area contributed by atoms with E-state index in [1.807, 2.05) is 0 Å². The van der Waals surface area contributed by atoms with Gasteiger partial charge >= 0.3 is 17.9 Å². The van der Waals surface area contributed by atoms with Crippen molar-refractivity contribution in [3.63, 3.8) is 0 Å². The average Bonchev–Trinajstić information content (AvgIpc) is 2.38. The van der Waals surface area contributed by atoms with Crippen LogP contribution >= 0.6 is 0 Å². The fraction of sp³-hybridized carbons (Fsp3) is 0.333. The summed E-state index contributed by atoms with van der Waals surface area (Å²) in [6.45, 7) is 1.21. The van der Waals surface area contributed by atoms with Crippen molar-refractivity contribution in [2.24, 2.45) is 0 Å². The molecule has 0 amide bonds. The third kappa shape index (κ3) is 2.98. The molecule has 0 heterocycles. The van der Waals surface area contributed by atoms with Crippen LogP contribution in [0.1, 0.15) is 22.8 Å². The van der Waals surface area contributed by atoms with Crippen LogP contribution in [0.5, 0.6) is 5.75 Å². The molecular formula is C12H12F2O5. The molecule has 104 valence electrons. The van der Waals surface area contributed by atoms with Crippen LogP contribution in [0.3, 0.4) is 0 Å². The fourth-order valence-corrected chi connectivity index (χ4v) is 1.42. The summed E-state index contributed by atoms with van der Waals surface area (Å²) in [7, 11) is 1.10. The summed E-state index contributed by atoms with van der Waals surface area (Å²) in [5.74, 6) is -7.29. The summed E-state index contributed by atoms with van der Waals surface area (Å²) in [5, 5.41) is 8.76. The van der Waals surface area contributed by atoms with Crippen LogP contribution < -0.4 is 4.74 Å². The van der Waals surface area contributed by atoms with Gasteiger partial charge in [-0.15, -0.1) is 0 Å². The highest BCUT2D eigenvalue weighted by Crippen LogP contribution is 2.36. The molecule has 0 atom stereocenters. The smallest absolute Gasteiger partial charge is 0.382 e. The van der Waals surface area contributed by atoms with E-state index < -0.39 is 29.2 Å². The van der Waals surface area contributed by atoms with Gasteiger partial charge in [-0.1, -0.05) is 0 Å². The van der Waals surface area contributed by atoms with E-state index in [0.717, 1.165) is 25.3 Å². The first-order chi connectivity index (χ1) is 8.84. The molecule has 1 rings (SSSR count). The van der Waals surface area contributed by atoms with Crippen molar-refractivity contribution >= 4 is 11.9 Å². The van der Waals surface area contributed by atoms with Crippen molar-refractivity contribution < 1.29 is 33.0 Å². The number of ether oxygens (including phenoxy) is 2. The van der Waals surface area contributed by atoms with Gasteiger partial charge in [0.2, 0.25) is 0 Å². The lowest BCUT2D eigenvalue weighted by molar-refractivity contribution is -0.173. The second kappa shape index (κ2) is 5.64. The van der Waals surface area contributed by atoms with Crippen molar-refractivity contribution in [3.8, 4) is 5.75 Å². The first kappa shape index (κ1) is 14.9. The van der Waals surface area contributed by atoms with Crippen molar-refractivity contribution in [1.82, 2.24) is 0 Å². The zero-order valence-electron chi connectivity index (χ0n) is 10.3. The Bertz CT molecular complexity index is 499. The minimum absolute atomic E-state index is 0.191. The predicted octanol–water partition coefficient (Wildman–Crippen LogP) is 2.05. The maximum atomic E-state index is 13.8. The van der Waals surface area contributed by atoms with Crippen LogP contribution in [0, 0.1) is 0 Å². The zero-order chi connectivity index (χ0) is 14.6. The van der Waals surface area contributed by atoms with Crippen molar-refractivity contribution in [1.29, 1.82) is 0 Å². The molecule has 0 saturated carbocycles. The summed E-state index contributed by atoms with van der Waals surface area (Å²) >= 11 is 0. The van der Waals surface area contributed by atoms with Crippen LogP contribution in [0.15, 0.2) is 18.2 Å². The van der Waals surface area contributed by atoms with E-state index in [2.05, 4.69) is 4.74 Å². The fourth-order valence-electron chi connectivity index (χ4n) is 1.42. The van der Waals surface area contributed by atoms with E-state index in [9.17, 15) is 18.4 Å². The minimum Gasteiger partial charge on any atom is -0.496 e. The summed E-state index contributed by atoms with van der Waals surface area (Å²) in [6, 6.07) is 2.72. The van der Waals surface area contributed by atoms with Crippen molar-refractivity contribution in [2.45, 2.75) is 12.8 Å². The minimum atomic E-state index is -3.90. The van der Waals surface area contributed by atoms with Crippen LogP contribution in [-0.2, 0) is 15.5 Å². The Hall–Kier alpha value is -2.18. The Morgan fingerprint density at radius 3 is 2.47 bits per heavy atom. The molecule has 1 aromatic rings. The number of esters is 1. The highest BCUT2D eigenvalue weighted by atomic mass is 19.3. The van der Waals surface area contributed by atoms with Gasteiger partial charge in [0.1, 0.15) is 5.75 Å². The van der Waals surface area contributed by atoms with Gasteiger partial charge in [-0.05, 0) is 25.1 Å². The first-order valence-corrected chi connectivity index (χ1v) is 5.31. The van der Waals surface area contributed by atoms with Crippen molar-refractivity contribution in [3.05, 3.63) is 29.3 Å². The number of hydrogen-bond donors (Lipinski definition) is 1. The van der Waals surface area contributed by atoms with Gasteiger partial charge in [0, 0.05) is 0 Å². The third-order valence-electron chi connectivity index (χ3n) is 2.32. The molecule has 0 unspecified atom stereocenters. The number of carbonyl (C=O) groups is 2.